The number of esters is 4. The molecule has 0 fully saturated rings. The second-order valence-electron chi connectivity index (χ2n) is 9.25. The standard InChI is InChI=1S/C32H44N2O10/c1-6-24-15-16-28(26(19-24)34(22-31(37)41-9-4)23-32(38)42-10-5)44-18-17-43-27-14-12-11-13-25(27)33(20-29(35)39-7-2)21-30(36)40-8-3/h11-16,19H,6-10,17-18,20-23H2,1-5H3. The summed E-state index contributed by atoms with van der Waals surface area (Å²) < 4.78 is 32.5. The molecule has 0 saturated heterocycles. The van der Waals surface area contributed by atoms with Crippen LogP contribution in [0.1, 0.15) is 40.2 Å². The number of nitrogens with zero attached hydrogens (tertiary/aromatic N) is 2. The summed E-state index contributed by atoms with van der Waals surface area (Å²) in [5.41, 5.74) is 2.04. The Kier molecular flexibility index (Phi) is 16.0. The maximum atomic E-state index is 12.4. The largest absolute Gasteiger partial charge is 0.488 e. The molecule has 2 rings (SSSR count). The Morgan fingerprint density at radius 1 is 0.545 bits per heavy atom. The molecule has 0 saturated carbocycles. The SMILES string of the molecule is CCOC(=O)CN(CC(=O)OCC)c1ccccc1OCCOc1ccc(CC)cc1N(CC(=O)OCC)CC(=O)OCC. The number of para-hydroxylation sites is 2. The molecule has 242 valence electrons. The molecule has 0 heterocycles. The number of carbonyl (C=O) groups excluding carboxylic acids is 4. The molecule has 2 aromatic carbocycles. The van der Waals surface area contributed by atoms with E-state index in [1.807, 2.05) is 19.1 Å². The lowest BCUT2D eigenvalue weighted by atomic mass is 10.1. The highest BCUT2D eigenvalue weighted by molar-refractivity contribution is 5.83. The van der Waals surface area contributed by atoms with Gasteiger partial charge in [-0.05, 0) is 63.9 Å². The number of rotatable bonds is 20. The van der Waals surface area contributed by atoms with Crippen LogP contribution in [0.2, 0.25) is 0 Å². The lowest BCUT2D eigenvalue weighted by Gasteiger charge is -2.26. The van der Waals surface area contributed by atoms with Crippen molar-refractivity contribution >= 4 is 35.3 Å². The Balaban J connectivity index is 2.24. The van der Waals surface area contributed by atoms with Crippen LogP contribution in [-0.2, 0) is 44.5 Å². The summed E-state index contributed by atoms with van der Waals surface area (Å²) in [6, 6.07) is 12.6. The Labute approximate surface area is 259 Å². The van der Waals surface area contributed by atoms with Crippen molar-refractivity contribution in [3.8, 4) is 11.5 Å². The highest BCUT2D eigenvalue weighted by atomic mass is 16.5. The number of anilines is 2. The third-order valence-electron chi connectivity index (χ3n) is 6.08. The first kappa shape index (κ1) is 35.7. The van der Waals surface area contributed by atoms with E-state index in [9.17, 15) is 19.2 Å². The van der Waals surface area contributed by atoms with Crippen LogP contribution >= 0.6 is 0 Å². The maximum absolute atomic E-state index is 12.4. The maximum Gasteiger partial charge on any atom is 0.325 e. The van der Waals surface area contributed by atoms with Crippen LogP contribution in [0, 0.1) is 0 Å². The van der Waals surface area contributed by atoms with E-state index >= 15 is 0 Å². The molecule has 0 aromatic heterocycles. The van der Waals surface area contributed by atoms with E-state index in [2.05, 4.69) is 0 Å². The molecule has 12 nitrogen and oxygen atoms in total. The van der Waals surface area contributed by atoms with Crippen LogP contribution in [-0.4, -0.2) is 89.7 Å². The third kappa shape index (κ3) is 12.0. The molecule has 12 heteroatoms. The second kappa shape index (κ2) is 19.7. The fraction of sp³-hybridized carbons (Fsp3) is 0.500. The fourth-order valence-electron chi connectivity index (χ4n) is 4.20. The van der Waals surface area contributed by atoms with Gasteiger partial charge in [0.05, 0.1) is 37.8 Å². The van der Waals surface area contributed by atoms with Crippen molar-refractivity contribution in [1.29, 1.82) is 0 Å². The van der Waals surface area contributed by atoms with Crippen molar-refractivity contribution < 1.29 is 47.6 Å². The van der Waals surface area contributed by atoms with Gasteiger partial charge in [-0.2, -0.15) is 0 Å². The van der Waals surface area contributed by atoms with Gasteiger partial charge in [-0.1, -0.05) is 25.1 Å². The van der Waals surface area contributed by atoms with Crippen LogP contribution in [0.25, 0.3) is 0 Å². The molecule has 0 aliphatic rings. The molecule has 0 spiro atoms. The van der Waals surface area contributed by atoms with E-state index in [-0.39, 0.29) is 65.8 Å². The van der Waals surface area contributed by atoms with Crippen molar-refractivity contribution in [3.05, 3.63) is 48.0 Å². The Hall–Kier alpha value is -4.48. The highest BCUT2D eigenvalue weighted by Gasteiger charge is 2.22. The predicted molar refractivity (Wildman–Crippen MR) is 164 cm³/mol. The smallest absolute Gasteiger partial charge is 0.325 e. The molecule has 0 aliphatic carbocycles. The van der Waals surface area contributed by atoms with Gasteiger partial charge in [-0.3, -0.25) is 19.2 Å². The summed E-state index contributed by atoms with van der Waals surface area (Å²) in [4.78, 5) is 52.5. The third-order valence-corrected chi connectivity index (χ3v) is 6.08. The van der Waals surface area contributed by atoms with Gasteiger partial charge in [0.15, 0.2) is 0 Å². The van der Waals surface area contributed by atoms with Gasteiger partial charge in [0.1, 0.15) is 50.9 Å². The van der Waals surface area contributed by atoms with Crippen molar-refractivity contribution in [1.82, 2.24) is 0 Å². The quantitative estimate of drug-likeness (QED) is 0.122. The van der Waals surface area contributed by atoms with Crippen molar-refractivity contribution in [2.45, 2.75) is 41.0 Å². The molecule has 0 bridgehead atoms. The number of hydrogen-bond acceptors (Lipinski definition) is 12. The molecular weight excluding hydrogens is 572 g/mol. The normalized spacial score (nSPS) is 10.4. The lowest BCUT2D eigenvalue weighted by Crippen LogP contribution is -2.36. The van der Waals surface area contributed by atoms with E-state index in [1.54, 1.807) is 62.9 Å². The first-order valence-corrected chi connectivity index (χ1v) is 14.9. The Morgan fingerprint density at radius 3 is 1.39 bits per heavy atom. The second-order valence-corrected chi connectivity index (χ2v) is 9.25. The van der Waals surface area contributed by atoms with Gasteiger partial charge < -0.3 is 38.2 Å². The Bertz CT molecular complexity index is 1180. The average Bonchev–Trinajstić information content (AvgIpc) is 2.99. The van der Waals surface area contributed by atoms with Crippen LogP contribution in [0.5, 0.6) is 11.5 Å². The van der Waals surface area contributed by atoms with Crippen molar-refractivity contribution in [3.63, 3.8) is 0 Å². The number of ether oxygens (including phenoxy) is 6. The van der Waals surface area contributed by atoms with E-state index in [0.717, 1.165) is 12.0 Å². The summed E-state index contributed by atoms with van der Waals surface area (Å²) in [6.07, 6.45) is 0.730. The van der Waals surface area contributed by atoms with Gasteiger partial charge in [-0.25, -0.2) is 0 Å². The van der Waals surface area contributed by atoms with Gasteiger partial charge in [0.2, 0.25) is 0 Å². The first-order valence-electron chi connectivity index (χ1n) is 14.9. The van der Waals surface area contributed by atoms with Crippen LogP contribution in [0.3, 0.4) is 0 Å². The minimum Gasteiger partial charge on any atom is -0.488 e. The van der Waals surface area contributed by atoms with Gasteiger partial charge in [0.25, 0.3) is 0 Å². The zero-order valence-corrected chi connectivity index (χ0v) is 26.3. The molecule has 0 radical (unpaired) electrons. The number of benzene rings is 2. The number of carbonyl (C=O) groups is 4. The summed E-state index contributed by atoms with van der Waals surface area (Å²) in [6.45, 7) is 9.20. The topological polar surface area (TPSA) is 130 Å². The highest BCUT2D eigenvalue weighted by Crippen LogP contribution is 2.31. The van der Waals surface area contributed by atoms with Crippen molar-refractivity contribution in [2.75, 3.05) is 75.6 Å². The van der Waals surface area contributed by atoms with E-state index < -0.39 is 23.9 Å². The number of aryl methyl sites for hydroxylation is 1. The molecule has 0 aliphatic heterocycles. The predicted octanol–water partition coefficient (Wildman–Crippen LogP) is 3.57. The molecular formula is C32H44N2O10. The van der Waals surface area contributed by atoms with E-state index in [0.29, 0.717) is 22.9 Å². The summed E-state index contributed by atoms with van der Waals surface area (Å²) in [5.74, 6) is -1.09. The van der Waals surface area contributed by atoms with E-state index in [1.165, 1.54) is 4.90 Å². The molecule has 0 unspecified atom stereocenters. The monoisotopic (exact) mass is 616 g/mol. The Morgan fingerprint density at radius 2 is 0.955 bits per heavy atom. The molecule has 44 heavy (non-hydrogen) atoms. The zero-order chi connectivity index (χ0) is 32.3. The first-order chi connectivity index (χ1) is 21.3. The molecule has 0 N–H and O–H groups in total. The van der Waals surface area contributed by atoms with Gasteiger partial charge >= 0.3 is 23.9 Å². The summed E-state index contributed by atoms with van der Waals surface area (Å²) in [5, 5.41) is 0. The molecule has 2 aromatic rings. The summed E-state index contributed by atoms with van der Waals surface area (Å²) >= 11 is 0. The molecule has 0 amide bonds. The zero-order valence-electron chi connectivity index (χ0n) is 26.3. The minimum absolute atomic E-state index is 0.106. The van der Waals surface area contributed by atoms with Gasteiger partial charge in [0, 0.05) is 0 Å². The van der Waals surface area contributed by atoms with Crippen LogP contribution < -0.4 is 19.3 Å². The van der Waals surface area contributed by atoms with Crippen molar-refractivity contribution in [2.24, 2.45) is 0 Å². The van der Waals surface area contributed by atoms with Gasteiger partial charge in [-0.15, -0.1) is 0 Å². The average molecular weight is 617 g/mol. The molecule has 0 atom stereocenters. The lowest BCUT2D eigenvalue weighted by molar-refractivity contribution is -0.144. The number of hydrogen-bond donors (Lipinski definition) is 0. The van der Waals surface area contributed by atoms with E-state index in [4.69, 9.17) is 28.4 Å². The summed E-state index contributed by atoms with van der Waals surface area (Å²) in [7, 11) is 0. The minimum atomic E-state index is -0.492. The van der Waals surface area contributed by atoms with Crippen LogP contribution in [0.4, 0.5) is 11.4 Å². The fourth-order valence-corrected chi connectivity index (χ4v) is 4.20. The van der Waals surface area contributed by atoms with Crippen LogP contribution in [0.15, 0.2) is 42.5 Å².